The molecular formula is C18H28N2S. The van der Waals surface area contributed by atoms with Gasteiger partial charge in [0.15, 0.2) is 0 Å². The van der Waals surface area contributed by atoms with Crippen molar-refractivity contribution in [1.29, 1.82) is 0 Å². The summed E-state index contributed by atoms with van der Waals surface area (Å²) in [6.07, 6.45) is 11.1. The molecule has 2 unspecified atom stereocenters. The minimum Gasteiger partial charge on any atom is -0.305 e. The zero-order valence-corrected chi connectivity index (χ0v) is 14.4. The van der Waals surface area contributed by atoms with E-state index in [1.54, 1.807) is 0 Å². The Hall–Kier alpha value is -0.410. The highest BCUT2D eigenvalue weighted by molar-refractivity contribution is 7.11. The van der Waals surface area contributed by atoms with Crippen molar-refractivity contribution in [3.8, 4) is 0 Å². The van der Waals surface area contributed by atoms with E-state index in [-0.39, 0.29) is 0 Å². The summed E-state index contributed by atoms with van der Waals surface area (Å²) < 4.78 is 0. The second kappa shape index (κ2) is 5.06. The maximum absolute atomic E-state index is 4.57. The summed E-state index contributed by atoms with van der Waals surface area (Å²) >= 11 is 1.84. The summed E-state index contributed by atoms with van der Waals surface area (Å²) in [6.45, 7) is 6.88. The molecule has 0 aromatic carbocycles. The number of thiazole rings is 1. The van der Waals surface area contributed by atoms with E-state index in [9.17, 15) is 0 Å². The molecule has 1 heterocycles. The molecule has 2 atom stereocenters. The first-order valence-electron chi connectivity index (χ1n) is 8.72. The van der Waals surface area contributed by atoms with E-state index < -0.39 is 0 Å². The minimum absolute atomic E-state index is 0.395. The van der Waals surface area contributed by atoms with Crippen LogP contribution >= 0.6 is 11.3 Å². The highest BCUT2D eigenvalue weighted by Crippen LogP contribution is 2.61. The van der Waals surface area contributed by atoms with Gasteiger partial charge in [-0.2, -0.15) is 0 Å². The van der Waals surface area contributed by atoms with Gasteiger partial charge >= 0.3 is 0 Å². The molecule has 4 saturated carbocycles. The van der Waals surface area contributed by atoms with Crippen LogP contribution < -0.4 is 5.32 Å². The number of hydrogen-bond donors (Lipinski definition) is 1. The quantitative estimate of drug-likeness (QED) is 0.871. The average Bonchev–Trinajstić information content (AvgIpc) is 2.84. The standard InChI is InChI=1S/C18H28N2S/c1-11-10-19-17(21-11)12(2)20-13(3)18-7-14-4-15(8-18)6-16(5-14)9-18/h10,12-16,20H,4-9H2,1-3H3. The monoisotopic (exact) mass is 304 g/mol. The summed E-state index contributed by atoms with van der Waals surface area (Å²) in [6, 6.07) is 1.02. The second-order valence-corrected chi connectivity index (χ2v) is 9.47. The molecule has 4 bridgehead atoms. The second-order valence-electron chi connectivity index (χ2n) is 8.20. The molecule has 0 saturated heterocycles. The van der Waals surface area contributed by atoms with Gasteiger partial charge in [-0.05, 0) is 82.5 Å². The molecule has 0 radical (unpaired) electrons. The first-order valence-corrected chi connectivity index (χ1v) is 9.54. The first kappa shape index (κ1) is 14.2. The van der Waals surface area contributed by atoms with Crippen LogP contribution in [-0.2, 0) is 0 Å². The third-order valence-corrected chi connectivity index (χ3v) is 7.61. The Kier molecular flexibility index (Phi) is 3.42. The highest BCUT2D eigenvalue weighted by atomic mass is 32.1. The van der Waals surface area contributed by atoms with Crippen LogP contribution in [0.1, 0.15) is 68.3 Å². The molecule has 2 nitrogen and oxygen atoms in total. The van der Waals surface area contributed by atoms with Crippen LogP contribution in [0.4, 0.5) is 0 Å². The van der Waals surface area contributed by atoms with Crippen molar-refractivity contribution >= 4 is 11.3 Å². The molecule has 4 fully saturated rings. The molecule has 0 spiro atoms. The number of hydrogen-bond acceptors (Lipinski definition) is 3. The Labute approximate surface area is 132 Å². The van der Waals surface area contributed by atoms with Gasteiger partial charge in [0.2, 0.25) is 0 Å². The molecule has 1 aromatic heterocycles. The summed E-state index contributed by atoms with van der Waals surface area (Å²) in [5.74, 6) is 3.12. The van der Waals surface area contributed by atoms with Crippen LogP contribution in [0.3, 0.4) is 0 Å². The molecule has 3 heteroatoms. The van der Waals surface area contributed by atoms with Crippen LogP contribution in [0.15, 0.2) is 6.20 Å². The topological polar surface area (TPSA) is 24.9 Å². The van der Waals surface area contributed by atoms with Gasteiger partial charge in [-0.1, -0.05) is 0 Å². The normalized spacial score (nSPS) is 40.4. The van der Waals surface area contributed by atoms with E-state index in [4.69, 9.17) is 0 Å². The Balaban J connectivity index is 1.48. The van der Waals surface area contributed by atoms with Crippen LogP contribution in [-0.4, -0.2) is 11.0 Å². The third kappa shape index (κ3) is 2.46. The van der Waals surface area contributed by atoms with Gasteiger partial charge in [-0.25, -0.2) is 4.98 Å². The Bertz CT molecular complexity index is 486. The van der Waals surface area contributed by atoms with Gasteiger partial charge in [0.1, 0.15) is 5.01 Å². The zero-order valence-electron chi connectivity index (χ0n) is 13.6. The summed E-state index contributed by atoms with van der Waals surface area (Å²) in [4.78, 5) is 5.89. The van der Waals surface area contributed by atoms with E-state index >= 15 is 0 Å². The fourth-order valence-electron chi connectivity index (χ4n) is 5.90. The molecule has 0 aliphatic heterocycles. The zero-order chi connectivity index (χ0) is 14.6. The molecule has 21 heavy (non-hydrogen) atoms. The van der Waals surface area contributed by atoms with Crippen molar-refractivity contribution in [3.63, 3.8) is 0 Å². The Morgan fingerprint density at radius 1 is 1.14 bits per heavy atom. The molecule has 0 amide bonds. The number of aromatic nitrogens is 1. The maximum atomic E-state index is 4.57. The van der Waals surface area contributed by atoms with Gasteiger partial charge in [0, 0.05) is 17.1 Å². The summed E-state index contributed by atoms with van der Waals surface area (Å²) in [5, 5.41) is 5.17. The lowest BCUT2D eigenvalue weighted by atomic mass is 9.48. The number of rotatable bonds is 4. The van der Waals surface area contributed by atoms with Crippen LogP contribution in [0.2, 0.25) is 0 Å². The van der Waals surface area contributed by atoms with Gasteiger partial charge in [-0.15, -0.1) is 11.3 Å². The number of nitrogens with zero attached hydrogens (tertiary/aromatic N) is 1. The van der Waals surface area contributed by atoms with E-state index in [0.29, 0.717) is 17.5 Å². The molecular weight excluding hydrogens is 276 g/mol. The molecule has 1 aromatic rings. The first-order chi connectivity index (χ1) is 10.0. The van der Waals surface area contributed by atoms with Crippen LogP contribution in [0, 0.1) is 30.1 Å². The van der Waals surface area contributed by atoms with Crippen molar-refractivity contribution in [2.75, 3.05) is 0 Å². The van der Waals surface area contributed by atoms with Gasteiger partial charge in [0.05, 0.1) is 6.04 Å². The van der Waals surface area contributed by atoms with Crippen molar-refractivity contribution < 1.29 is 0 Å². The Morgan fingerprint density at radius 2 is 1.71 bits per heavy atom. The van der Waals surface area contributed by atoms with Crippen molar-refractivity contribution in [2.24, 2.45) is 23.2 Å². The summed E-state index contributed by atoms with van der Waals surface area (Å²) in [7, 11) is 0. The lowest BCUT2D eigenvalue weighted by molar-refractivity contribution is -0.0719. The fourth-order valence-corrected chi connectivity index (χ4v) is 6.69. The number of nitrogens with one attached hydrogen (secondary N) is 1. The number of aryl methyl sites for hydroxylation is 1. The van der Waals surface area contributed by atoms with Gasteiger partial charge in [-0.3, -0.25) is 0 Å². The Morgan fingerprint density at radius 3 is 2.19 bits per heavy atom. The van der Waals surface area contributed by atoms with Crippen molar-refractivity contribution in [2.45, 2.75) is 71.4 Å². The molecule has 1 N–H and O–H groups in total. The summed E-state index contributed by atoms with van der Waals surface area (Å²) in [5.41, 5.74) is 0.593. The van der Waals surface area contributed by atoms with E-state index in [1.807, 2.05) is 17.5 Å². The smallest absolute Gasteiger partial charge is 0.109 e. The largest absolute Gasteiger partial charge is 0.305 e. The van der Waals surface area contributed by atoms with E-state index in [2.05, 4.69) is 31.1 Å². The minimum atomic E-state index is 0.395. The van der Waals surface area contributed by atoms with E-state index in [0.717, 1.165) is 17.8 Å². The van der Waals surface area contributed by atoms with Gasteiger partial charge in [0.25, 0.3) is 0 Å². The average molecular weight is 305 g/mol. The maximum Gasteiger partial charge on any atom is 0.109 e. The molecule has 116 valence electrons. The fraction of sp³-hybridized carbons (Fsp3) is 0.833. The molecule has 5 rings (SSSR count). The van der Waals surface area contributed by atoms with Crippen molar-refractivity contribution in [1.82, 2.24) is 10.3 Å². The van der Waals surface area contributed by atoms with Crippen molar-refractivity contribution in [3.05, 3.63) is 16.1 Å². The predicted molar refractivity (Wildman–Crippen MR) is 88.5 cm³/mol. The van der Waals surface area contributed by atoms with Gasteiger partial charge < -0.3 is 5.32 Å². The SMILES string of the molecule is Cc1cnc(C(C)NC(C)C23CC4CC(CC(C4)C2)C3)s1. The molecule has 4 aliphatic carbocycles. The third-order valence-electron chi connectivity index (χ3n) is 6.51. The lowest BCUT2D eigenvalue weighted by Crippen LogP contribution is -2.55. The van der Waals surface area contributed by atoms with E-state index in [1.165, 1.54) is 48.4 Å². The van der Waals surface area contributed by atoms with Crippen LogP contribution in [0.5, 0.6) is 0 Å². The predicted octanol–water partition coefficient (Wildman–Crippen LogP) is 4.71. The van der Waals surface area contributed by atoms with Crippen LogP contribution in [0.25, 0.3) is 0 Å². The lowest BCUT2D eigenvalue weighted by Gasteiger charge is -2.59. The molecule has 4 aliphatic rings. The highest BCUT2D eigenvalue weighted by Gasteiger charge is 2.53.